The van der Waals surface area contributed by atoms with Gasteiger partial charge in [0.15, 0.2) is 5.75 Å². The number of hydrogen-bond acceptors (Lipinski definition) is 2. The molecule has 0 aliphatic heterocycles. The van der Waals surface area contributed by atoms with Gasteiger partial charge in [0.1, 0.15) is 0 Å². The number of rotatable bonds is 2. The molecule has 0 heterocycles. The smallest absolute Gasteiger partial charge is 0.308 e. The minimum Gasteiger partial charge on any atom is -0.425 e. The van der Waals surface area contributed by atoms with Crippen LogP contribution in [0.5, 0.6) is 5.75 Å². The molecule has 0 fully saturated rings. The first-order valence-corrected chi connectivity index (χ1v) is 5.17. The van der Waals surface area contributed by atoms with Gasteiger partial charge < -0.3 is 4.74 Å². The summed E-state index contributed by atoms with van der Waals surface area (Å²) >= 11 is 9.14. The molecule has 70 valence electrons. The highest BCUT2D eigenvalue weighted by Gasteiger charge is 2.08. The highest BCUT2D eigenvalue weighted by Crippen LogP contribution is 2.30. The molecule has 1 rings (SSSR count). The average molecular weight is 264 g/mol. The van der Waals surface area contributed by atoms with Gasteiger partial charge in [-0.3, -0.25) is 4.79 Å². The van der Waals surface area contributed by atoms with Gasteiger partial charge in [-0.05, 0) is 6.07 Å². The van der Waals surface area contributed by atoms with Crippen LogP contribution in [-0.4, -0.2) is 5.97 Å². The Bertz CT molecular complexity index is 325. The Morgan fingerprint density at radius 2 is 2.31 bits per heavy atom. The molecule has 0 atom stereocenters. The highest BCUT2D eigenvalue weighted by molar-refractivity contribution is 9.08. The number of esters is 1. The largest absolute Gasteiger partial charge is 0.425 e. The van der Waals surface area contributed by atoms with Gasteiger partial charge in [-0.15, -0.1) is 0 Å². The first kappa shape index (κ1) is 10.5. The maximum absolute atomic E-state index is 10.7. The molecule has 0 aliphatic carbocycles. The van der Waals surface area contributed by atoms with Crippen LogP contribution in [0.4, 0.5) is 0 Å². The van der Waals surface area contributed by atoms with Crippen LogP contribution in [0.3, 0.4) is 0 Å². The van der Waals surface area contributed by atoms with Crippen LogP contribution in [0, 0.1) is 0 Å². The summed E-state index contributed by atoms with van der Waals surface area (Å²) in [4.78, 5) is 10.7. The monoisotopic (exact) mass is 262 g/mol. The van der Waals surface area contributed by atoms with Crippen molar-refractivity contribution in [2.75, 3.05) is 0 Å². The van der Waals surface area contributed by atoms with E-state index in [0.717, 1.165) is 5.56 Å². The summed E-state index contributed by atoms with van der Waals surface area (Å²) in [5, 5.41) is 1.06. The molecule has 0 saturated heterocycles. The summed E-state index contributed by atoms with van der Waals surface area (Å²) in [5.41, 5.74) is 0.864. The van der Waals surface area contributed by atoms with Crippen molar-refractivity contribution in [3.8, 4) is 5.75 Å². The number of ether oxygens (including phenoxy) is 1. The zero-order chi connectivity index (χ0) is 9.84. The molecule has 1 aromatic carbocycles. The molecule has 4 heteroatoms. The van der Waals surface area contributed by atoms with E-state index < -0.39 is 0 Å². The molecule has 13 heavy (non-hydrogen) atoms. The van der Waals surface area contributed by atoms with Crippen molar-refractivity contribution >= 4 is 33.5 Å². The summed E-state index contributed by atoms with van der Waals surface area (Å²) in [6.45, 7) is 1.35. The van der Waals surface area contributed by atoms with Crippen molar-refractivity contribution in [1.82, 2.24) is 0 Å². The second kappa shape index (κ2) is 4.63. The molecule has 0 aliphatic rings. The number of benzene rings is 1. The highest BCUT2D eigenvalue weighted by atomic mass is 79.9. The Morgan fingerprint density at radius 1 is 1.62 bits per heavy atom. The second-order valence-corrected chi connectivity index (χ2v) is 3.42. The van der Waals surface area contributed by atoms with Crippen molar-refractivity contribution in [2.45, 2.75) is 12.3 Å². The maximum Gasteiger partial charge on any atom is 0.308 e. The number of carbonyl (C=O) groups excluding carboxylic acids is 1. The summed E-state index contributed by atoms with van der Waals surface area (Å²) in [6, 6.07) is 5.34. The van der Waals surface area contributed by atoms with Crippen LogP contribution in [0.2, 0.25) is 5.02 Å². The lowest BCUT2D eigenvalue weighted by atomic mass is 10.2. The van der Waals surface area contributed by atoms with Gasteiger partial charge in [-0.25, -0.2) is 0 Å². The molecule has 0 radical (unpaired) electrons. The van der Waals surface area contributed by atoms with E-state index in [4.69, 9.17) is 16.3 Å². The van der Waals surface area contributed by atoms with Gasteiger partial charge >= 0.3 is 5.97 Å². The topological polar surface area (TPSA) is 26.3 Å². The Kier molecular flexibility index (Phi) is 3.75. The SMILES string of the molecule is CC(=O)Oc1c(Cl)cccc1CBr. The van der Waals surface area contributed by atoms with Crippen LogP contribution in [-0.2, 0) is 10.1 Å². The van der Waals surface area contributed by atoms with Crippen LogP contribution in [0.1, 0.15) is 12.5 Å². The average Bonchev–Trinajstić information content (AvgIpc) is 2.08. The van der Waals surface area contributed by atoms with E-state index in [-0.39, 0.29) is 5.97 Å². The Labute approximate surface area is 90.0 Å². The van der Waals surface area contributed by atoms with Crippen molar-refractivity contribution in [1.29, 1.82) is 0 Å². The van der Waals surface area contributed by atoms with E-state index in [0.29, 0.717) is 16.1 Å². The number of carbonyl (C=O) groups is 1. The molecule has 0 aromatic heterocycles. The van der Waals surface area contributed by atoms with E-state index >= 15 is 0 Å². The van der Waals surface area contributed by atoms with Crippen LogP contribution in [0.25, 0.3) is 0 Å². The first-order valence-electron chi connectivity index (χ1n) is 3.67. The van der Waals surface area contributed by atoms with E-state index in [1.54, 1.807) is 6.07 Å². The lowest BCUT2D eigenvalue weighted by Crippen LogP contribution is -2.03. The number of para-hydroxylation sites is 1. The van der Waals surface area contributed by atoms with Gasteiger partial charge in [-0.1, -0.05) is 39.7 Å². The fourth-order valence-electron chi connectivity index (χ4n) is 0.917. The van der Waals surface area contributed by atoms with Crippen molar-refractivity contribution in [2.24, 2.45) is 0 Å². The van der Waals surface area contributed by atoms with Gasteiger partial charge in [-0.2, -0.15) is 0 Å². The number of alkyl halides is 1. The molecule has 0 N–H and O–H groups in total. The number of halogens is 2. The predicted octanol–water partition coefficient (Wildman–Crippen LogP) is 3.16. The van der Waals surface area contributed by atoms with Gasteiger partial charge in [0.05, 0.1) is 5.02 Å². The lowest BCUT2D eigenvalue weighted by Gasteiger charge is -2.07. The molecular formula is C9H8BrClO2. The molecule has 0 unspecified atom stereocenters. The van der Waals surface area contributed by atoms with E-state index in [1.165, 1.54) is 6.92 Å². The minimum absolute atomic E-state index is 0.365. The van der Waals surface area contributed by atoms with Crippen molar-refractivity contribution in [3.05, 3.63) is 28.8 Å². The quantitative estimate of drug-likeness (QED) is 0.465. The Morgan fingerprint density at radius 3 is 2.85 bits per heavy atom. The second-order valence-electron chi connectivity index (χ2n) is 2.46. The van der Waals surface area contributed by atoms with Crippen molar-refractivity contribution in [3.63, 3.8) is 0 Å². The molecule has 2 nitrogen and oxygen atoms in total. The fourth-order valence-corrected chi connectivity index (χ4v) is 1.59. The summed E-state index contributed by atoms with van der Waals surface area (Å²) < 4.78 is 4.97. The van der Waals surface area contributed by atoms with Gasteiger partial charge in [0.25, 0.3) is 0 Å². The summed E-state index contributed by atoms with van der Waals surface area (Å²) in [5.74, 6) is 0.0730. The van der Waals surface area contributed by atoms with Gasteiger partial charge in [0.2, 0.25) is 0 Å². The van der Waals surface area contributed by atoms with E-state index in [2.05, 4.69) is 15.9 Å². The maximum atomic E-state index is 10.7. The Balaban J connectivity index is 3.07. The molecule has 0 spiro atoms. The first-order chi connectivity index (χ1) is 6.15. The fraction of sp³-hybridized carbons (Fsp3) is 0.222. The third-order valence-electron chi connectivity index (χ3n) is 1.44. The normalized spacial score (nSPS) is 9.77. The van der Waals surface area contributed by atoms with E-state index in [1.807, 2.05) is 12.1 Å². The van der Waals surface area contributed by atoms with Gasteiger partial charge in [0, 0.05) is 17.8 Å². The zero-order valence-electron chi connectivity index (χ0n) is 7.01. The van der Waals surface area contributed by atoms with Crippen LogP contribution in [0.15, 0.2) is 18.2 Å². The minimum atomic E-state index is -0.365. The summed E-state index contributed by atoms with van der Waals surface area (Å²) in [6.07, 6.45) is 0. The van der Waals surface area contributed by atoms with Crippen LogP contribution < -0.4 is 4.74 Å². The molecule has 1 aromatic rings. The van der Waals surface area contributed by atoms with E-state index in [9.17, 15) is 4.79 Å². The molecule has 0 amide bonds. The zero-order valence-corrected chi connectivity index (χ0v) is 9.35. The molecule has 0 saturated carbocycles. The molecular weight excluding hydrogens is 255 g/mol. The third-order valence-corrected chi connectivity index (χ3v) is 2.34. The lowest BCUT2D eigenvalue weighted by molar-refractivity contribution is -0.131. The van der Waals surface area contributed by atoms with Crippen LogP contribution >= 0.6 is 27.5 Å². The number of hydrogen-bond donors (Lipinski definition) is 0. The third kappa shape index (κ3) is 2.71. The van der Waals surface area contributed by atoms with Crippen molar-refractivity contribution < 1.29 is 9.53 Å². The Hall–Kier alpha value is -0.540. The molecule has 0 bridgehead atoms. The summed E-state index contributed by atoms with van der Waals surface area (Å²) in [7, 11) is 0. The predicted molar refractivity (Wildman–Crippen MR) is 55.4 cm³/mol. The standard InChI is InChI=1S/C9H8BrClO2/c1-6(12)13-9-7(5-10)3-2-4-8(9)11/h2-4H,5H2,1H3.